The summed E-state index contributed by atoms with van der Waals surface area (Å²) in [5.41, 5.74) is 2.44. The second-order valence-corrected chi connectivity index (χ2v) is 7.00. The molecule has 0 aliphatic carbocycles. The predicted molar refractivity (Wildman–Crippen MR) is 103 cm³/mol. The maximum atomic E-state index is 5.43. The lowest BCUT2D eigenvalue weighted by molar-refractivity contribution is 0.245. The van der Waals surface area contributed by atoms with Gasteiger partial charge in [-0.1, -0.05) is 65.8 Å². The highest BCUT2D eigenvalue weighted by molar-refractivity contribution is 5.53. The Balaban J connectivity index is 1.28. The Morgan fingerprint density at radius 2 is 1.77 bits per heavy atom. The fourth-order valence-corrected chi connectivity index (χ4v) is 3.80. The van der Waals surface area contributed by atoms with Crippen LogP contribution in [0.1, 0.15) is 30.7 Å². The highest BCUT2D eigenvalue weighted by Crippen LogP contribution is 2.22. The minimum absolute atomic E-state index is 0.667. The molecule has 1 aromatic heterocycles. The number of rotatable bonds is 7. The molecule has 1 saturated heterocycles. The summed E-state index contributed by atoms with van der Waals surface area (Å²) in [4.78, 5) is 7.16. The zero-order valence-electron chi connectivity index (χ0n) is 15.1. The average Bonchev–Trinajstić information content (AvgIpc) is 3.33. The number of benzene rings is 2. The minimum Gasteiger partial charge on any atom is -0.339 e. The SMILES string of the molecule is c1ccc(CC2CCCN2CCCc2nc(-c3ccccc3)no2)cc1. The molecule has 1 fully saturated rings. The van der Waals surface area contributed by atoms with Crippen LogP contribution in [-0.4, -0.2) is 34.2 Å². The van der Waals surface area contributed by atoms with Crippen LogP contribution in [0.4, 0.5) is 0 Å². The zero-order valence-corrected chi connectivity index (χ0v) is 15.1. The first kappa shape index (κ1) is 17.0. The summed E-state index contributed by atoms with van der Waals surface area (Å²) >= 11 is 0. The summed E-state index contributed by atoms with van der Waals surface area (Å²) in [6.45, 7) is 2.30. The molecule has 0 radical (unpaired) electrons. The van der Waals surface area contributed by atoms with Crippen LogP contribution in [0.2, 0.25) is 0 Å². The van der Waals surface area contributed by atoms with Crippen molar-refractivity contribution in [2.75, 3.05) is 13.1 Å². The van der Waals surface area contributed by atoms with E-state index in [0.717, 1.165) is 37.3 Å². The summed E-state index contributed by atoms with van der Waals surface area (Å²) in [7, 11) is 0. The summed E-state index contributed by atoms with van der Waals surface area (Å²) in [6.07, 6.45) is 5.65. The Bertz CT molecular complexity index is 801. The molecule has 134 valence electrons. The number of hydrogen-bond acceptors (Lipinski definition) is 4. The number of aryl methyl sites for hydroxylation is 1. The fraction of sp³-hybridized carbons (Fsp3) is 0.364. The topological polar surface area (TPSA) is 42.2 Å². The van der Waals surface area contributed by atoms with Gasteiger partial charge >= 0.3 is 0 Å². The van der Waals surface area contributed by atoms with Gasteiger partial charge in [-0.05, 0) is 44.3 Å². The van der Waals surface area contributed by atoms with Crippen molar-refractivity contribution in [2.45, 2.75) is 38.1 Å². The van der Waals surface area contributed by atoms with E-state index in [9.17, 15) is 0 Å². The molecule has 0 bridgehead atoms. The van der Waals surface area contributed by atoms with Crippen molar-refractivity contribution < 1.29 is 4.52 Å². The van der Waals surface area contributed by atoms with Crippen molar-refractivity contribution in [2.24, 2.45) is 0 Å². The van der Waals surface area contributed by atoms with E-state index in [1.54, 1.807) is 0 Å². The van der Waals surface area contributed by atoms with Crippen molar-refractivity contribution in [1.82, 2.24) is 15.0 Å². The highest BCUT2D eigenvalue weighted by atomic mass is 16.5. The maximum Gasteiger partial charge on any atom is 0.227 e. The fourth-order valence-electron chi connectivity index (χ4n) is 3.80. The zero-order chi connectivity index (χ0) is 17.6. The van der Waals surface area contributed by atoms with Crippen LogP contribution in [0.5, 0.6) is 0 Å². The molecule has 26 heavy (non-hydrogen) atoms. The molecule has 4 nitrogen and oxygen atoms in total. The van der Waals surface area contributed by atoms with Crippen LogP contribution in [0, 0.1) is 0 Å². The Kier molecular flexibility index (Phi) is 5.41. The number of nitrogens with zero attached hydrogens (tertiary/aromatic N) is 3. The van der Waals surface area contributed by atoms with Crippen molar-refractivity contribution in [1.29, 1.82) is 0 Å². The number of hydrogen-bond donors (Lipinski definition) is 0. The molecule has 4 rings (SSSR count). The van der Waals surface area contributed by atoms with Gasteiger partial charge in [0.05, 0.1) is 0 Å². The Morgan fingerprint density at radius 3 is 2.58 bits per heavy atom. The van der Waals surface area contributed by atoms with E-state index in [1.165, 1.54) is 24.9 Å². The van der Waals surface area contributed by atoms with Crippen LogP contribution in [0.25, 0.3) is 11.4 Å². The second kappa shape index (κ2) is 8.28. The second-order valence-electron chi connectivity index (χ2n) is 7.00. The van der Waals surface area contributed by atoms with Crippen molar-refractivity contribution in [3.05, 3.63) is 72.1 Å². The minimum atomic E-state index is 0.667. The molecular formula is C22H25N3O. The summed E-state index contributed by atoms with van der Waals surface area (Å²) in [5, 5.41) is 4.11. The molecule has 1 aliphatic rings. The smallest absolute Gasteiger partial charge is 0.227 e. The molecule has 1 atom stereocenters. The first-order chi connectivity index (χ1) is 12.9. The number of aromatic nitrogens is 2. The summed E-state index contributed by atoms with van der Waals surface area (Å²) in [5.74, 6) is 1.42. The van der Waals surface area contributed by atoms with E-state index in [-0.39, 0.29) is 0 Å². The number of likely N-dealkylation sites (tertiary alicyclic amines) is 1. The van der Waals surface area contributed by atoms with Gasteiger partial charge in [-0.15, -0.1) is 0 Å². The normalized spacial score (nSPS) is 17.6. The van der Waals surface area contributed by atoms with Crippen LogP contribution in [0.15, 0.2) is 65.2 Å². The van der Waals surface area contributed by atoms with E-state index >= 15 is 0 Å². The van der Waals surface area contributed by atoms with Gasteiger partial charge in [-0.3, -0.25) is 0 Å². The standard InChI is InChI=1S/C22H25N3O/c1-3-9-18(10-4-1)17-20-13-7-15-25(20)16-8-14-21-23-22(24-26-21)19-11-5-2-6-12-19/h1-6,9-12,20H,7-8,13-17H2. The van der Waals surface area contributed by atoms with Gasteiger partial charge in [0.15, 0.2) is 0 Å². The quantitative estimate of drug-likeness (QED) is 0.636. The van der Waals surface area contributed by atoms with Crippen LogP contribution in [-0.2, 0) is 12.8 Å². The van der Waals surface area contributed by atoms with Gasteiger partial charge < -0.3 is 9.42 Å². The third kappa shape index (κ3) is 4.20. The summed E-state index contributed by atoms with van der Waals surface area (Å²) in [6, 6.07) is 21.5. The molecule has 0 spiro atoms. The lowest BCUT2D eigenvalue weighted by Crippen LogP contribution is -2.32. The molecule has 2 aromatic carbocycles. The molecule has 0 N–H and O–H groups in total. The third-order valence-electron chi connectivity index (χ3n) is 5.15. The van der Waals surface area contributed by atoms with Crippen molar-refractivity contribution in [3.63, 3.8) is 0 Å². The van der Waals surface area contributed by atoms with Crippen molar-refractivity contribution >= 4 is 0 Å². The molecular weight excluding hydrogens is 322 g/mol. The first-order valence-electron chi connectivity index (χ1n) is 9.54. The molecule has 4 heteroatoms. The molecule has 1 unspecified atom stereocenters. The predicted octanol–water partition coefficient (Wildman–Crippen LogP) is 4.38. The highest BCUT2D eigenvalue weighted by Gasteiger charge is 2.24. The van der Waals surface area contributed by atoms with Gasteiger partial charge in [-0.25, -0.2) is 0 Å². The average molecular weight is 347 g/mol. The molecule has 0 saturated carbocycles. The Labute approximate surface area is 154 Å². The monoisotopic (exact) mass is 347 g/mol. The van der Waals surface area contributed by atoms with E-state index in [1.807, 2.05) is 30.3 Å². The lowest BCUT2D eigenvalue weighted by atomic mass is 10.0. The summed E-state index contributed by atoms with van der Waals surface area (Å²) < 4.78 is 5.43. The van der Waals surface area contributed by atoms with Crippen LogP contribution in [0.3, 0.4) is 0 Å². The van der Waals surface area contributed by atoms with E-state index in [2.05, 4.69) is 45.4 Å². The molecule has 0 amide bonds. The van der Waals surface area contributed by atoms with Gasteiger partial charge in [0.25, 0.3) is 0 Å². The van der Waals surface area contributed by atoms with Gasteiger partial charge in [-0.2, -0.15) is 4.98 Å². The maximum absolute atomic E-state index is 5.43. The molecule has 1 aliphatic heterocycles. The molecule has 2 heterocycles. The lowest BCUT2D eigenvalue weighted by Gasteiger charge is -2.24. The Morgan fingerprint density at radius 1 is 1.00 bits per heavy atom. The van der Waals surface area contributed by atoms with E-state index < -0.39 is 0 Å². The van der Waals surface area contributed by atoms with Crippen LogP contribution >= 0.6 is 0 Å². The van der Waals surface area contributed by atoms with Gasteiger partial charge in [0, 0.05) is 18.0 Å². The van der Waals surface area contributed by atoms with E-state index in [4.69, 9.17) is 4.52 Å². The first-order valence-corrected chi connectivity index (χ1v) is 9.54. The van der Waals surface area contributed by atoms with E-state index in [0.29, 0.717) is 11.9 Å². The van der Waals surface area contributed by atoms with Gasteiger partial charge in [0.1, 0.15) is 0 Å². The largest absolute Gasteiger partial charge is 0.339 e. The van der Waals surface area contributed by atoms with Gasteiger partial charge in [0.2, 0.25) is 11.7 Å². The molecule has 3 aromatic rings. The van der Waals surface area contributed by atoms with Crippen molar-refractivity contribution in [3.8, 4) is 11.4 Å². The third-order valence-corrected chi connectivity index (χ3v) is 5.15. The van der Waals surface area contributed by atoms with Crippen LogP contribution < -0.4 is 0 Å². The Hall–Kier alpha value is -2.46.